The van der Waals surface area contributed by atoms with Crippen molar-refractivity contribution in [3.63, 3.8) is 0 Å². The molecule has 1 amide bonds. The van der Waals surface area contributed by atoms with Crippen LogP contribution in [0.15, 0.2) is 48.8 Å². The minimum absolute atomic E-state index is 0.0322. The second-order valence-electron chi connectivity index (χ2n) is 6.46. The van der Waals surface area contributed by atoms with Crippen molar-refractivity contribution in [1.29, 1.82) is 0 Å². The molecular formula is C21H25N3O2. The first-order chi connectivity index (χ1) is 12.6. The fraction of sp³-hybridized carbons (Fsp3) is 0.333. The van der Waals surface area contributed by atoms with Crippen LogP contribution in [0.1, 0.15) is 42.5 Å². The molecule has 0 bridgehead atoms. The monoisotopic (exact) mass is 351 g/mol. The van der Waals surface area contributed by atoms with Gasteiger partial charge >= 0.3 is 0 Å². The van der Waals surface area contributed by atoms with E-state index in [4.69, 9.17) is 4.74 Å². The molecular weight excluding hydrogens is 326 g/mol. The van der Waals surface area contributed by atoms with E-state index in [2.05, 4.69) is 20.8 Å². The molecule has 5 heteroatoms. The normalized spacial score (nSPS) is 12.1. The molecule has 0 saturated heterocycles. The topological polar surface area (TPSA) is 55.6 Å². The number of fused-ring (bicyclic) bond motifs is 1. The van der Waals surface area contributed by atoms with Crippen LogP contribution in [-0.4, -0.2) is 28.9 Å². The SMILES string of the molecule is CCCNC(=O)CC(c1ccccc1OC)c1cnc2cc(C)ccn12. The summed E-state index contributed by atoms with van der Waals surface area (Å²) in [6.45, 7) is 4.78. The van der Waals surface area contributed by atoms with Gasteiger partial charge in [-0.25, -0.2) is 4.98 Å². The molecule has 1 N–H and O–H groups in total. The average Bonchev–Trinajstić information content (AvgIpc) is 3.07. The lowest BCUT2D eigenvalue weighted by Gasteiger charge is -2.19. The summed E-state index contributed by atoms with van der Waals surface area (Å²) in [5.41, 5.74) is 4.01. The van der Waals surface area contributed by atoms with Gasteiger partial charge in [0, 0.05) is 36.8 Å². The number of para-hydroxylation sites is 1. The molecule has 0 spiro atoms. The number of pyridine rings is 1. The summed E-state index contributed by atoms with van der Waals surface area (Å²) in [4.78, 5) is 17.0. The minimum atomic E-state index is -0.138. The van der Waals surface area contributed by atoms with Crippen LogP contribution in [0.5, 0.6) is 5.75 Å². The first-order valence-corrected chi connectivity index (χ1v) is 8.97. The number of methoxy groups -OCH3 is 1. The molecule has 0 radical (unpaired) electrons. The van der Waals surface area contributed by atoms with E-state index in [0.717, 1.165) is 34.6 Å². The van der Waals surface area contributed by atoms with E-state index < -0.39 is 0 Å². The molecule has 3 aromatic rings. The van der Waals surface area contributed by atoms with Gasteiger partial charge in [-0.1, -0.05) is 25.1 Å². The lowest BCUT2D eigenvalue weighted by molar-refractivity contribution is -0.121. The Hall–Kier alpha value is -2.82. The fourth-order valence-corrected chi connectivity index (χ4v) is 3.21. The van der Waals surface area contributed by atoms with Crippen LogP contribution in [0.25, 0.3) is 5.65 Å². The predicted octanol–water partition coefficient (Wildman–Crippen LogP) is 3.70. The molecule has 26 heavy (non-hydrogen) atoms. The number of benzene rings is 1. The molecule has 0 fully saturated rings. The van der Waals surface area contributed by atoms with Crippen molar-refractivity contribution in [1.82, 2.24) is 14.7 Å². The maximum Gasteiger partial charge on any atom is 0.221 e. The van der Waals surface area contributed by atoms with Gasteiger partial charge < -0.3 is 14.5 Å². The Labute approximate surface area is 154 Å². The Morgan fingerprint density at radius 1 is 1.31 bits per heavy atom. The number of amides is 1. The summed E-state index contributed by atoms with van der Waals surface area (Å²) in [6, 6.07) is 12.0. The van der Waals surface area contributed by atoms with Crippen molar-refractivity contribution in [2.45, 2.75) is 32.6 Å². The van der Waals surface area contributed by atoms with Gasteiger partial charge in [0.25, 0.3) is 0 Å². The molecule has 0 aliphatic carbocycles. The third kappa shape index (κ3) is 3.72. The Balaban J connectivity index is 2.06. The number of hydrogen-bond acceptors (Lipinski definition) is 3. The Kier molecular flexibility index (Phi) is 5.56. The molecule has 1 unspecified atom stereocenters. The Bertz CT molecular complexity index is 901. The first-order valence-electron chi connectivity index (χ1n) is 8.97. The maximum absolute atomic E-state index is 12.5. The third-order valence-electron chi connectivity index (χ3n) is 4.53. The summed E-state index contributed by atoms with van der Waals surface area (Å²) >= 11 is 0. The maximum atomic E-state index is 12.5. The second-order valence-corrected chi connectivity index (χ2v) is 6.46. The number of imidazole rings is 1. The molecule has 3 rings (SSSR count). The van der Waals surface area contributed by atoms with Gasteiger partial charge in [-0.15, -0.1) is 0 Å². The number of nitrogens with one attached hydrogen (secondary N) is 1. The number of aromatic nitrogens is 2. The molecule has 0 aliphatic heterocycles. The van der Waals surface area contributed by atoms with E-state index in [1.165, 1.54) is 0 Å². The van der Waals surface area contributed by atoms with Crippen LogP contribution < -0.4 is 10.1 Å². The zero-order chi connectivity index (χ0) is 18.5. The lowest BCUT2D eigenvalue weighted by atomic mass is 9.91. The van der Waals surface area contributed by atoms with Gasteiger partial charge in [-0.3, -0.25) is 4.79 Å². The minimum Gasteiger partial charge on any atom is -0.496 e. The van der Waals surface area contributed by atoms with Crippen LogP contribution in [0.4, 0.5) is 0 Å². The van der Waals surface area contributed by atoms with Crippen LogP contribution in [-0.2, 0) is 4.79 Å². The zero-order valence-electron chi connectivity index (χ0n) is 15.5. The zero-order valence-corrected chi connectivity index (χ0v) is 15.5. The summed E-state index contributed by atoms with van der Waals surface area (Å²) in [5.74, 6) is 0.674. The number of aryl methyl sites for hydroxylation is 1. The molecule has 5 nitrogen and oxygen atoms in total. The Morgan fingerprint density at radius 2 is 2.12 bits per heavy atom. The second kappa shape index (κ2) is 8.04. The number of hydrogen-bond donors (Lipinski definition) is 1. The molecule has 0 saturated carbocycles. The van der Waals surface area contributed by atoms with Crippen molar-refractivity contribution in [3.8, 4) is 5.75 Å². The van der Waals surface area contributed by atoms with Crippen molar-refractivity contribution < 1.29 is 9.53 Å². The van der Waals surface area contributed by atoms with Gasteiger partial charge in [-0.05, 0) is 37.1 Å². The smallest absolute Gasteiger partial charge is 0.221 e. The summed E-state index contributed by atoms with van der Waals surface area (Å²) in [6.07, 6.45) is 5.14. The summed E-state index contributed by atoms with van der Waals surface area (Å²) in [5, 5.41) is 2.98. The van der Waals surface area contributed by atoms with Crippen LogP contribution in [0.2, 0.25) is 0 Å². The van der Waals surface area contributed by atoms with Crippen LogP contribution >= 0.6 is 0 Å². The van der Waals surface area contributed by atoms with Crippen molar-refractivity contribution in [2.75, 3.05) is 13.7 Å². The average molecular weight is 351 g/mol. The van der Waals surface area contributed by atoms with Gasteiger partial charge in [0.15, 0.2) is 0 Å². The third-order valence-corrected chi connectivity index (χ3v) is 4.53. The van der Waals surface area contributed by atoms with E-state index in [1.54, 1.807) is 7.11 Å². The highest BCUT2D eigenvalue weighted by atomic mass is 16.5. The van der Waals surface area contributed by atoms with Gasteiger partial charge in [0.1, 0.15) is 11.4 Å². The largest absolute Gasteiger partial charge is 0.496 e. The molecule has 136 valence electrons. The highest BCUT2D eigenvalue weighted by molar-refractivity contribution is 5.77. The predicted molar refractivity (Wildman–Crippen MR) is 103 cm³/mol. The van der Waals surface area contributed by atoms with Gasteiger partial charge in [0.05, 0.1) is 12.8 Å². The van der Waals surface area contributed by atoms with Crippen molar-refractivity contribution in [3.05, 3.63) is 65.6 Å². The molecule has 2 aromatic heterocycles. The number of nitrogens with zero attached hydrogens (tertiary/aromatic N) is 2. The van der Waals surface area contributed by atoms with E-state index in [0.29, 0.717) is 13.0 Å². The fourth-order valence-electron chi connectivity index (χ4n) is 3.21. The van der Waals surface area contributed by atoms with Crippen LogP contribution in [0, 0.1) is 6.92 Å². The van der Waals surface area contributed by atoms with Gasteiger partial charge in [0.2, 0.25) is 5.91 Å². The number of carbonyl (C=O) groups excluding carboxylic acids is 1. The van der Waals surface area contributed by atoms with E-state index in [9.17, 15) is 4.79 Å². The van der Waals surface area contributed by atoms with Crippen molar-refractivity contribution in [2.24, 2.45) is 0 Å². The van der Waals surface area contributed by atoms with E-state index >= 15 is 0 Å². The van der Waals surface area contributed by atoms with E-state index in [1.807, 2.05) is 56.6 Å². The van der Waals surface area contributed by atoms with Crippen LogP contribution in [0.3, 0.4) is 0 Å². The number of carbonyl (C=O) groups is 1. The highest BCUT2D eigenvalue weighted by Gasteiger charge is 2.24. The molecule has 0 aliphatic rings. The molecule has 1 atom stereocenters. The van der Waals surface area contributed by atoms with E-state index in [-0.39, 0.29) is 11.8 Å². The highest BCUT2D eigenvalue weighted by Crippen LogP contribution is 2.34. The molecule has 2 heterocycles. The standard InChI is InChI=1S/C21H25N3O2/c1-4-10-22-21(25)13-17(16-7-5-6-8-19(16)26-3)18-14-23-20-12-15(2)9-11-24(18)20/h5-9,11-12,14,17H,4,10,13H2,1-3H3,(H,22,25). The summed E-state index contributed by atoms with van der Waals surface area (Å²) in [7, 11) is 1.66. The Morgan fingerprint density at radius 3 is 2.88 bits per heavy atom. The van der Waals surface area contributed by atoms with Crippen molar-refractivity contribution >= 4 is 11.6 Å². The number of ether oxygens (including phenoxy) is 1. The number of rotatable bonds is 7. The molecule has 1 aromatic carbocycles. The summed E-state index contributed by atoms with van der Waals surface area (Å²) < 4.78 is 7.61. The van der Waals surface area contributed by atoms with Gasteiger partial charge in [-0.2, -0.15) is 0 Å². The first kappa shape index (κ1) is 18.0. The lowest BCUT2D eigenvalue weighted by Crippen LogP contribution is -2.26. The quantitative estimate of drug-likeness (QED) is 0.706.